The lowest BCUT2D eigenvalue weighted by molar-refractivity contribution is -0.137. The van der Waals surface area contributed by atoms with Crippen LogP contribution in [0, 0.1) is 0 Å². The molecule has 0 radical (unpaired) electrons. The predicted octanol–water partition coefficient (Wildman–Crippen LogP) is 3.26. The molecule has 31 heavy (non-hydrogen) atoms. The van der Waals surface area contributed by atoms with E-state index in [1.807, 2.05) is 24.3 Å². The van der Waals surface area contributed by atoms with Gasteiger partial charge in [-0.05, 0) is 29.8 Å². The standard InChI is InChI=1S/C21H20F3N3O3S/c22-21(23,24)16-4-3-5-17(13-16)31(29,30)27-10-8-26(9-11-27)20(28)12-15-14-25-19-7-2-1-6-18(15)19/h1-7,13-14,25H,8-12H2. The van der Waals surface area contributed by atoms with Crippen LogP contribution in [0.4, 0.5) is 13.2 Å². The molecule has 0 unspecified atom stereocenters. The number of H-pyrrole nitrogens is 1. The van der Waals surface area contributed by atoms with Gasteiger partial charge in [-0.1, -0.05) is 24.3 Å². The van der Waals surface area contributed by atoms with Crippen molar-refractivity contribution in [1.82, 2.24) is 14.2 Å². The quantitative estimate of drug-likeness (QED) is 0.662. The van der Waals surface area contributed by atoms with Crippen molar-refractivity contribution in [3.63, 3.8) is 0 Å². The number of para-hydroxylation sites is 1. The molecule has 1 aliphatic rings. The van der Waals surface area contributed by atoms with Crippen molar-refractivity contribution in [2.24, 2.45) is 0 Å². The first-order valence-corrected chi connectivity index (χ1v) is 11.1. The van der Waals surface area contributed by atoms with Crippen LogP contribution in [0.25, 0.3) is 10.9 Å². The highest BCUT2D eigenvalue weighted by molar-refractivity contribution is 7.89. The molecule has 164 valence electrons. The molecule has 0 spiro atoms. The normalized spacial score (nSPS) is 16.0. The van der Waals surface area contributed by atoms with Crippen molar-refractivity contribution in [2.45, 2.75) is 17.5 Å². The van der Waals surface area contributed by atoms with Crippen LogP contribution in [-0.2, 0) is 27.4 Å². The van der Waals surface area contributed by atoms with E-state index < -0.39 is 26.7 Å². The van der Waals surface area contributed by atoms with E-state index >= 15 is 0 Å². The average Bonchev–Trinajstić information content (AvgIpc) is 3.16. The summed E-state index contributed by atoms with van der Waals surface area (Å²) in [6.45, 7) is 0.412. The van der Waals surface area contributed by atoms with Gasteiger partial charge in [0.2, 0.25) is 15.9 Å². The zero-order valence-corrected chi connectivity index (χ0v) is 17.2. The summed E-state index contributed by atoms with van der Waals surface area (Å²) in [4.78, 5) is 17.0. The number of rotatable bonds is 4. The first kappa shape index (κ1) is 21.4. The number of benzene rings is 2. The Bertz CT molecular complexity index is 1210. The fourth-order valence-electron chi connectivity index (χ4n) is 3.71. The molecule has 1 fully saturated rings. The molecular weight excluding hydrogens is 431 g/mol. The molecule has 2 heterocycles. The van der Waals surface area contributed by atoms with Gasteiger partial charge in [0.25, 0.3) is 0 Å². The summed E-state index contributed by atoms with van der Waals surface area (Å²) in [7, 11) is -4.08. The molecule has 0 bridgehead atoms. The highest BCUT2D eigenvalue weighted by Crippen LogP contribution is 2.31. The molecule has 1 amide bonds. The van der Waals surface area contributed by atoms with Crippen LogP contribution in [0.3, 0.4) is 0 Å². The third-order valence-corrected chi connectivity index (χ3v) is 7.30. The molecule has 1 saturated heterocycles. The van der Waals surface area contributed by atoms with Crippen molar-refractivity contribution in [3.05, 3.63) is 65.9 Å². The van der Waals surface area contributed by atoms with E-state index in [9.17, 15) is 26.4 Å². The summed E-state index contributed by atoms with van der Waals surface area (Å²) in [6, 6.07) is 11.3. The van der Waals surface area contributed by atoms with Gasteiger partial charge >= 0.3 is 6.18 Å². The van der Waals surface area contributed by atoms with Crippen LogP contribution >= 0.6 is 0 Å². The zero-order chi connectivity index (χ0) is 22.2. The van der Waals surface area contributed by atoms with E-state index in [1.165, 1.54) is 0 Å². The van der Waals surface area contributed by atoms with Gasteiger partial charge < -0.3 is 9.88 Å². The molecule has 4 rings (SSSR count). The number of hydrogen-bond donors (Lipinski definition) is 1. The number of amides is 1. The minimum Gasteiger partial charge on any atom is -0.361 e. The van der Waals surface area contributed by atoms with Crippen LogP contribution in [-0.4, -0.2) is 54.7 Å². The number of carbonyl (C=O) groups is 1. The monoisotopic (exact) mass is 451 g/mol. The van der Waals surface area contributed by atoms with Crippen LogP contribution in [0.1, 0.15) is 11.1 Å². The van der Waals surface area contributed by atoms with E-state index in [-0.39, 0.29) is 38.5 Å². The maximum atomic E-state index is 12.9. The third kappa shape index (κ3) is 4.31. The Hall–Kier alpha value is -2.85. The van der Waals surface area contributed by atoms with E-state index in [0.717, 1.165) is 39.0 Å². The topological polar surface area (TPSA) is 73.5 Å². The largest absolute Gasteiger partial charge is 0.416 e. The summed E-state index contributed by atoms with van der Waals surface area (Å²) in [5, 5.41) is 0.960. The third-order valence-electron chi connectivity index (χ3n) is 5.41. The Labute approximate surface area is 177 Å². The first-order valence-electron chi connectivity index (χ1n) is 9.66. The second kappa shape index (κ2) is 8.01. The van der Waals surface area contributed by atoms with E-state index in [1.54, 1.807) is 11.1 Å². The number of halogens is 3. The molecule has 0 atom stereocenters. The van der Waals surface area contributed by atoms with Gasteiger partial charge in [-0.25, -0.2) is 8.42 Å². The van der Waals surface area contributed by atoms with E-state index in [2.05, 4.69) is 4.98 Å². The van der Waals surface area contributed by atoms with Crippen LogP contribution in [0.5, 0.6) is 0 Å². The van der Waals surface area contributed by atoms with Gasteiger partial charge in [-0.2, -0.15) is 17.5 Å². The zero-order valence-electron chi connectivity index (χ0n) is 16.4. The molecule has 3 aromatic rings. The Kier molecular flexibility index (Phi) is 5.52. The molecule has 1 aliphatic heterocycles. The van der Waals surface area contributed by atoms with Crippen LogP contribution in [0.2, 0.25) is 0 Å². The smallest absolute Gasteiger partial charge is 0.361 e. The predicted molar refractivity (Wildman–Crippen MR) is 109 cm³/mol. The minimum atomic E-state index is -4.63. The second-order valence-corrected chi connectivity index (χ2v) is 9.28. The summed E-state index contributed by atoms with van der Waals surface area (Å²) < 4.78 is 65.5. The SMILES string of the molecule is O=C(Cc1c[nH]c2ccccc12)N1CCN(S(=O)(=O)c2cccc(C(F)(F)F)c2)CC1. The van der Waals surface area contributed by atoms with Crippen molar-refractivity contribution < 1.29 is 26.4 Å². The minimum absolute atomic E-state index is 0.0260. The summed E-state index contributed by atoms with van der Waals surface area (Å²) in [6.07, 6.45) is -2.65. The number of aromatic amines is 1. The number of sulfonamides is 1. The lowest BCUT2D eigenvalue weighted by atomic mass is 10.1. The summed E-state index contributed by atoms with van der Waals surface area (Å²) in [5.74, 6) is -0.124. The summed E-state index contributed by atoms with van der Waals surface area (Å²) in [5.41, 5.74) is 0.781. The number of alkyl halides is 3. The van der Waals surface area contributed by atoms with Crippen molar-refractivity contribution >= 4 is 26.8 Å². The average molecular weight is 451 g/mol. The number of carbonyl (C=O) groups excluding carboxylic acids is 1. The summed E-state index contributed by atoms with van der Waals surface area (Å²) >= 11 is 0. The number of piperazine rings is 1. The Morgan fingerprint density at radius 3 is 2.42 bits per heavy atom. The van der Waals surface area contributed by atoms with Gasteiger partial charge in [0.05, 0.1) is 16.9 Å². The lowest BCUT2D eigenvalue weighted by Gasteiger charge is -2.34. The lowest BCUT2D eigenvalue weighted by Crippen LogP contribution is -2.50. The Morgan fingerprint density at radius 1 is 1.00 bits per heavy atom. The Balaban J connectivity index is 1.43. The molecular formula is C21H20F3N3O3S. The second-order valence-electron chi connectivity index (χ2n) is 7.35. The van der Waals surface area contributed by atoms with Crippen LogP contribution < -0.4 is 0 Å². The fraction of sp³-hybridized carbons (Fsp3) is 0.286. The van der Waals surface area contributed by atoms with Gasteiger partial charge in [-0.15, -0.1) is 0 Å². The highest BCUT2D eigenvalue weighted by Gasteiger charge is 2.34. The Morgan fingerprint density at radius 2 is 1.71 bits per heavy atom. The number of nitrogens with zero attached hydrogens (tertiary/aromatic N) is 2. The van der Waals surface area contributed by atoms with E-state index in [0.29, 0.717) is 6.07 Å². The first-order chi connectivity index (χ1) is 14.7. The molecule has 6 nitrogen and oxygen atoms in total. The van der Waals surface area contributed by atoms with Crippen LogP contribution in [0.15, 0.2) is 59.6 Å². The van der Waals surface area contributed by atoms with Crippen molar-refractivity contribution in [3.8, 4) is 0 Å². The maximum absolute atomic E-state index is 12.9. The van der Waals surface area contributed by atoms with Gasteiger partial charge in [0, 0.05) is 43.3 Å². The molecule has 1 aromatic heterocycles. The van der Waals surface area contributed by atoms with Gasteiger partial charge in [-0.3, -0.25) is 4.79 Å². The molecule has 0 aliphatic carbocycles. The molecule has 10 heteroatoms. The number of nitrogens with one attached hydrogen (secondary N) is 1. The molecule has 1 N–H and O–H groups in total. The molecule has 2 aromatic carbocycles. The fourth-order valence-corrected chi connectivity index (χ4v) is 5.18. The number of fused-ring (bicyclic) bond motifs is 1. The molecule has 0 saturated carbocycles. The highest BCUT2D eigenvalue weighted by atomic mass is 32.2. The van der Waals surface area contributed by atoms with Gasteiger partial charge in [0.1, 0.15) is 0 Å². The number of aromatic nitrogens is 1. The van der Waals surface area contributed by atoms with E-state index in [4.69, 9.17) is 0 Å². The van der Waals surface area contributed by atoms with Crippen molar-refractivity contribution in [1.29, 1.82) is 0 Å². The number of hydrogen-bond acceptors (Lipinski definition) is 3. The van der Waals surface area contributed by atoms with Crippen molar-refractivity contribution in [2.75, 3.05) is 26.2 Å². The van der Waals surface area contributed by atoms with Gasteiger partial charge in [0.15, 0.2) is 0 Å². The maximum Gasteiger partial charge on any atom is 0.416 e.